The van der Waals surface area contributed by atoms with Gasteiger partial charge in [0.25, 0.3) is 5.91 Å². The highest BCUT2D eigenvalue weighted by Crippen LogP contribution is 2.30. The quantitative estimate of drug-likeness (QED) is 0.757. The van der Waals surface area contributed by atoms with Gasteiger partial charge in [-0.3, -0.25) is 4.79 Å². The van der Waals surface area contributed by atoms with Crippen LogP contribution in [0.25, 0.3) is 22.0 Å². The van der Waals surface area contributed by atoms with E-state index in [0.29, 0.717) is 33.4 Å². The molecule has 6 nitrogen and oxygen atoms in total. The summed E-state index contributed by atoms with van der Waals surface area (Å²) in [4.78, 5) is 25.7. The van der Waals surface area contributed by atoms with Crippen LogP contribution in [0.15, 0.2) is 42.7 Å². The van der Waals surface area contributed by atoms with E-state index < -0.39 is 0 Å². The van der Waals surface area contributed by atoms with Crippen molar-refractivity contribution in [3.63, 3.8) is 0 Å². The van der Waals surface area contributed by atoms with Crippen LogP contribution in [-0.2, 0) is 0 Å². The number of rotatable bonds is 3. The summed E-state index contributed by atoms with van der Waals surface area (Å²) < 4.78 is 13.7. The molecule has 144 valence electrons. The summed E-state index contributed by atoms with van der Waals surface area (Å²) >= 11 is 0. The molecule has 28 heavy (non-hydrogen) atoms. The van der Waals surface area contributed by atoms with Crippen LogP contribution in [0.3, 0.4) is 0 Å². The summed E-state index contributed by atoms with van der Waals surface area (Å²) in [6, 6.07) is 9.98. The second-order valence-corrected chi connectivity index (χ2v) is 7.31. The third-order valence-corrected chi connectivity index (χ3v) is 5.39. The Hall–Kier alpha value is -3.06. The van der Waals surface area contributed by atoms with Crippen LogP contribution in [0.5, 0.6) is 0 Å². The standard InChI is InChI=1S/C21H22FN5O/c1-26-7-6-16(11-26)27(2)21(28)18-10-14(13-4-3-5-15(22)8-13)9-17-19(18)24-12-25-20(17)23/h3-5,8-10,12,16H,6-7,11H2,1-2H3,(H2,23,24,25). The van der Waals surface area contributed by atoms with Crippen LogP contribution in [0.2, 0.25) is 0 Å². The molecule has 0 saturated carbocycles. The van der Waals surface area contributed by atoms with E-state index in [1.54, 1.807) is 29.2 Å². The molecule has 1 atom stereocenters. The lowest BCUT2D eigenvalue weighted by Gasteiger charge is -2.25. The second-order valence-electron chi connectivity index (χ2n) is 7.31. The van der Waals surface area contributed by atoms with Crippen LogP contribution < -0.4 is 5.73 Å². The normalized spacial score (nSPS) is 17.2. The van der Waals surface area contributed by atoms with E-state index in [-0.39, 0.29) is 17.8 Å². The van der Waals surface area contributed by atoms with Gasteiger partial charge in [-0.25, -0.2) is 14.4 Å². The van der Waals surface area contributed by atoms with E-state index >= 15 is 0 Å². The Bertz CT molecular complexity index is 1050. The van der Waals surface area contributed by atoms with Gasteiger partial charge in [-0.15, -0.1) is 0 Å². The SMILES string of the molecule is CN1CCC(N(C)C(=O)c2cc(-c3cccc(F)c3)cc3c(N)ncnc23)C1. The maximum Gasteiger partial charge on any atom is 0.256 e. The minimum atomic E-state index is -0.339. The lowest BCUT2D eigenvalue weighted by Crippen LogP contribution is -2.38. The number of benzene rings is 2. The monoisotopic (exact) mass is 379 g/mol. The van der Waals surface area contributed by atoms with Gasteiger partial charge in [0.2, 0.25) is 0 Å². The summed E-state index contributed by atoms with van der Waals surface area (Å²) in [6.07, 6.45) is 2.29. The number of likely N-dealkylation sites (N-methyl/N-ethyl adjacent to an activating group) is 2. The topological polar surface area (TPSA) is 75.3 Å². The Balaban J connectivity index is 1.84. The Labute approximate surface area is 162 Å². The molecule has 1 aliphatic rings. The molecular weight excluding hydrogens is 357 g/mol. The molecular formula is C21H22FN5O. The first kappa shape index (κ1) is 18.3. The fraction of sp³-hybridized carbons (Fsp3) is 0.286. The number of nitrogen functional groups attached to an aromatic ring is 1. The smallest absolute Gasteiger partial charge is 0.256 e. The highest BCUT2D eigenvalue weighted by molar-refractivity contribution is 6.09. The number of hydrogen-bond acceptors (Lipinski definition) is 5. The zero-order valence-corrected chi connectivity index (χ0v) is 15.9. The number of likely N-dealkylation sites (tertiary alicyclic amines) is 1. The number of aromatic nitrogens is 2. The van der Waals surface area contributed by atoms with Crippen molar-refractivity contribution in [1.29, 1.82) is 0 Å². The summed E-state index contributed by atoms with van der Waals surface area (Å²) in [5, 5.41) is 0.588. The van der Waals surface area contributed by atoms with E-state index in [0.717, 1.165) is 19.5 Å². The van der Waals surface area contributed by atoms with Crippen LogP contribution in [0.1, 0.15) is 16.8 Å². The fourth-order valence-electron chi connectivity index (χ4n) is 3.77. The maximum atomic E-state index is 13.7. The number of fused-ring (bicyclic) bond motifs is 1. The van der Waals surface area contributed by atoms with Gasteiger partial charge in [0, 0.05) is 25.0 Å². The van der Waals surface area contributed by atoms with E-state index in [1.807, 2.05) is 14.1 Å². The number of hydrogen-bond donors (Lipinski definition) is 1. The van der Waals surface area contributed by atoms with Gasteiger partial charge in [-0.1, -0.05) is 12.1 Å². The van der Waals surface area contributed by atoms with Crippen molar-refractivity contribution in [3.8, 4) is 11.1 Å². The van der Waals surface area contributed by atoms with Crippen LogP contribution in [-0.4, -0.2) is 58.9 Å². The number of halogens is 1. The van der Waals surface area contributed by atoms with Crippen molar-refractivity contribution in [2.24, 2.45) is 0 Å². The van der Waals surface area contributed by atoms with Crippen molar-refractivity contribution in [3.05, 3.63) is 54.1 Å². The van der Waals surface area contributed by atoms with Crippen LogP contribution in [0.4, 0.5) is 10.2 Å². The first-order chi connectivity index (χ1) is 13.4. The number of carbonyl (C=O) groups is 1. The molecule has 2 N–H and O–H groups in total. The predicted molar refractivity (Wildman–Crippen MR) is 107 cm³/mol. The average Bonchev–Trinajstić information content (AvgIpc) is 3.13. The Morgan fingerprint density at radius 1 is 1.25 bits per heavy atom. The summed E-state index contributed by atoms with van der Waals surface area (Å²) in [6.45, 7) is 1.79. The third kappa shape index (κ3) is 3.29. The molecule has 1 saturated heterocycles. The van der Waals surface area contributed by atoms with Gasteiger partial charge < -0.3 is 15.5 Å². The lowest BCUT2D eigenvalue weighted by atomic mass is 9.98. The highest BCUT2D eigenvalue weighted by atomic mass is 19.1. The summed E-state index contributed by atoms with van der Waals surface area (Å²) in [7, 11) is 3.86. The summed E-state index contributed by atoms with van der Waals surface area (Å²) in [5.41, 5.74) is 8.39. The molecule has 0 radical (unpaired) electrons. The Kier molecular flexibility index (Phi) is 4.68. The molecule has 0 aliphatic carbocycles. The van der Waals surface area contributed by atoms with Gasteiger partial charge in [0.05, 0.1) is 11.1 Å². The molecule has 0 bridgehead atoms. The Morgan fingerprint density at radius 2 is 2.07 bits per heavy atom. The van der Waals surface area contributed by atoms with Crippen molar-refractivity contribution < 1.29 is 9.18 Å². The van der Waals surface area contributed by atoms with Crippen LogP contribution in [0, 0.1) is 5.82 Å². The van der Waals surface area contributed by atoms with Crippen LogP contribution >= 0.6 is 0 Å². The zero-order chi connectivity index (χ0) is 19.8. The lowest BCUT2D eigenvalue weighted by molar-refractivity contribution is 0.0739. The number of amides is 1. The third-order valence-electron chi connectivity index (χ3n) is 5.39. The largest absolute Gasteiger partial charge is 0.383 e. The van der Waals surface area contributed by atoms with E-state index in [4.69, 9.17) is 5.73 Å². The second kappa shape index (κ2) is 7.16. The average molecular weight is 379 g/mol. The molecule has 0 spiro atoms. The number of carbonyl (C=O) groups excluding carboxylic acids is 1. The molecule has 4 rings (SSSR count). The maximum absolute atomic E-state index is 13.7. The Morgan fingerprint density at radius 3 is 2.79 bits per heavy atom. The van der Waals surface area contributed by atoms with E-state index in [2.05, 4.69) is 14.9 Å². The molecule has 7 heteroatoms. The van der Waals surface area contributed by atoms with Crippen molar-refractivity contribution in [1.82, 2.24) is 19.8 Å². The van der Waals surface area contributed by atoms with E-state index in [1.165, 1.54) is 18.5 Å². The molecule has 1 fully saturated rings. The molecule has 1 aromatic heterocycles. The van der Waals surface area contributed by atoms with Crippen molar-refractivity contribution in [2.45, 2.75) is 12.5 Å². The van der Waals surface area contributed by atoms with Crippen molar-refractivity contribution in [2.75, 3.05) is 32.9 Å². The minimum Gasteiger partial charge on any atom is -0.383 e. The van der Waals surface area contributed by atoms with Gasteiger partial charge in [-0.05, 0) is 55.4 Å². The molecule has 1 aliphatic heterocycles. The minimum absolute atomic E-state index is 0.123. The van der Waals surface area contributed by atoms with Gasteiger partial charge in [0.15, 0.2) is 0 Å². The molecule has 1 amide bonds. The fourth-order valence-corrected chi connectivity index (χ4v) is 3.77. The predicted octanol–water partition coefficient (Wildman–Crippen LogP) is 2.79. The number of nitrogens with two attached hydrogens (primary N) is 1. The first-order valence-corrected chi connectivity index (χ1v) is 9.20. The molecule has 2 aromatic carbocycles. The number of nitrogens with zero attached hydrogens (tertiary/aromatic N) is 4. The zero-order valence-electron chi connectivity index (χ0n) is 15.9. The van der Waals surface area contributed by atoms with Crippen molar-refractivity contribution >= 4 is 22.6 Å². The molecule has 3 aromatic rings. The molecule has 1 unspecified atom stereocenters. The molecule has 2 heterocycles. The summed E-state index contributed by atoms with van der Waals surface area (Å²) in [5.74, 6) is -0.170. The first-order valence-electron chi connectivity index (χ1n) is 9.20. The highest BCUT2D eigenvalue weighted by Gasteiger charge is 2.28. The van der Waals surface area contributed by atoms with Gasteiger partial charge >= 0.3 is 0 Å². The number of anilines is 1. The van der Waals surface area contributed by atoms with Gasteiger partial charge in [-0.2, -0.15) is 0 Å². The van der Waals surface area contributed by atoms with E-state index in [9.17, 15) is 9.18 Å². The van der Waals surface area contributed by atoms with Gasteiger partial charge in [0.1, 0.15) is 18.0 Å².